The van der Waals surface area contributed by atoms with Gasteiger partial charge in [-0.05, 0) is 39.0 Å². The summed E-state index contributed by atoms with van der Waals surface area (Å²) in [7, 11) is -3.43. The van der Waals surface area contributed by atoms with Gasteiger partial charge < -0.3 is 0 Å². The van der Waals surface area contributed by atoms with Crippen molar-refractivity contribution < 1.29 is 8.42 Å². The van der Waals surface area contributed by atoms with Gasteiger partial charge in [-0.3, -0.25) is 4.68 Å². The SMILES string of the molecule is CCn1nc(C)c(S(=O)(=O)N2C[C@H](C)C[C@@H](C)C2)c1C. The molecule has 0 unspecified atom stereocenters. The van der Waals surface area contributed by atoms with E-state index in [-0.39, 0.29) is 0 Å². The maximum Gasteiger partial charge on any atom is 0.246 e. The first-order valence-electron chi connectivity index (χ1n) is 7.31. The molecular weight excluding hydrogens is 274 g/mol. The molecule has 1 aliphatic heterocycles. The molecule has 1 fully saturated rings. The number of aromatic nitrogens is 2. The van der Waals surface area contributed by atoms with E-state index in [1.165, 1.54) is 0 Å². The Labute approximate surface area is 122 Å². The molecule has 0 N–H and O–H groups in total. The molecule has 114 valence electrons. The zero-order valence-corrected chi connectivity index (χ0v) is 13.9. The Bertz CT molecular complexity index is 582. The number of piperidine rings is 1. The second-order valence-corrected chi connectivity index (χ2v) is 7.96. The fraction of sp³-hybridized carbons (Fsp3) is 0.786. The summed E-state index contributed by atoms with van der Waals surface area (Å²) in [4.78, 5) is 0.403. The largest absolute Gasteiger partial charge is 0.268 e. The molecule has 1 aromatic heterocycles. The van der Waals surface area contributed by atoms with Crippen LogP contribution in [0.3, 0.4) is 0 Å². The molecule has 1 saturated heterocycles. The summed E-state index contributed by atoms with van der Waals surface area (Å²) in [5.74, 6) is 0.825. The van der Waals surface area contributed by atoms with E-state index in [0.717, 1.165) is 12.1 Å². The number of aryl methyl sites for hydroxylation is 2. The Morgan fingerprint density at radius 1 is 1.20 bits per heavy atom. The van der Waals surface area contributed by atoms with Gasteiger partial charge in [0.25, 0.3) is 0 Å². The molecule has 0 saturated carbocycles. The molecule has 0 amide bonds. The second kappa shape index (κ2) is 5.48. The van der Waals surface area contributed by atoms with Crippen molar-refractivity contribution >= 4 is 10.0 Å². The third-order valence-corrected chi connectivity index (χ3v) is 6.13. The summed E-state index contributed by atoms with van der Waals surface area (Å²) in [6, 6.07) is 0. The fourth-order valence-electron chi connectivity index (χ4n) is 3.29. The first kappa shape index (κ1) is 15.5. The van der Waals surface area contributed by atoms with E-state index in [2.05, 4.69) is 18.9 Å². The van der Waals surface area contributed by atoms with E-state index in [1.54, 1.807) is 15.9 Å². The molecule has 2 rings (SSSR count). The number of hydrogen-bond donors (Lipinski definition) is 0. The quantitative estimate of drug-likeness (QED) is 0.859. The lowest BCUT2D eigenvalue weighted by Gasteiger charge is -2.34. The number of rotatable bonds is 3. The fourth-order valence-corrected chi connectivity index (χ4v) is 5.35. The van der Waals surface area contributed by atoms with Crippen LogP contribution in [0.15, 0.2) is 4.90 Å². The molecule has 20 heavy (non-hydrogen) atoms. The van der Waals surface area contributed by atoms with Crippen LogP contribution in [0.5, 0.6) is 0 Å². The lowest BCUT2D eigenvalue weighted by atomic mass is 9.94. The molecule has 0 radical (unpaired) electrons. The Morgan fingerprint density at radius 2 is 1.75 bits per heavy atom. The van der Waals surface area contributed by atoms with Crippen molar-refractivity contribution in [2.45, 2.75) is 52.5 Å². The van der Waals surface area contributed by atoms with Gasteiger partial charge in [0, 0.05) is 19.6 Å². The normalized spacial score (nSPS) is 25.1. The molecule has 1 aromatic rings. The predicted octanol–water partition coefficient (Wildman–Crippen LogP) is 2.19. The van der Waals surface area contributed by atoms with Crippen LogP contribution >= 0.6 is 0 Å². The summed E-state index contributed by atoms with van der Waals surface area (Å²) in [6.45, 7) is 11.7. The topological polar surface area (TPSA) is 55.2 Å². The maximum absolute atomic E-state index is 12.9. The summed E-state index contributed by atoms with van der Waals surface area (Å²) < 4.78 is 29.2. The highest BCUT2D eigenvalue weighted by molar-refractivity contribution is 7.89. The number of sulfonamides is 1. The van der Waals surface area contributed by atoms with Gasteiger partial charge >= 0.3 is 0 Å². The average Bonchev–Trinajstić information content (AvgIpc) is 2.63. The lowest BCUT2D eigenvalue weighted by molar-refractivity contribution is 0.222. The number of nitrogens with zero attached hydrogens (tertiary/aromatic N) is 3. The summed E-state index contributed by atoms with van der Waals surface area (Å²) in [5, 5.41) is 4.34. The van der Waals surface area contributed by atoms with Gasteiger partial charge in [-0.25, -0.2) is 8.42 Å². The standard InChI is InChI=1S/C14H25N3O2S/c1-6-17-13(5)14(12(4)15-17)20(18,19)16-8-10(2)7-11(3)9-16/h10-11H,6-9H2,1-5H3/t10-,11-/m1/s1. The van der Waals surface area contributed by atoms with E-state index in [9.17, 15) is 8.42 Å². The third-order valence-electron chi connectivity index (χ3n) is 4.05. The Kier molecular flexibility index (Phi) is 4.25. The predicted molar refractivity (Wildman–Crippen MR) is 79.1 cm³/mol. The van der Waals surface area contributed by atoms with Crippen molar-refractivity contribution in [1.82, 2.24) is 14.1 Å². The van der Waals surface area contributed by atoms with Gasteiger partial charge in [0.2, 0.25) is 10.0 Å². The van der Waals surface area contributed by atoms with Crippen molar-refractivity contribution in [3.63, 3.8) is 0 Å². The third kappa shape index (κ3) is 2.63. The molecule has 5 nitrogen and oxygen atoms in total. The minimum atomic E-state index is -3.43. The van der Waals surface area contributed by atoms with Crippen LogP contribution in [-0.4, -0.2) is 35.6 Å². The van der Waals surface area contributed by atoms with Gasteiger partial charge in [0.05, 0.1) is 11.4 Å². The highest BCUT2D eigenvalue weighted by Crippen LogP contribution is 2.29. The van der Waals surface area contributed by atoms with Gasteiger partial charge in [0.15, 0.2) is 0 Å². The summed E-state index contributed by atoms with van der Waals surface area (Å²) >= 11 is 0. The molecular formula is C14H25N3O2S. The molecule has 0 aliphatic carbocycles. The maximum atomic E-state index is 12.9. The molecule has 2 atom stereocenters. The van der Waals surface area contributed by atoms with Crippen LogP contribution in [-0.2, 0) is 16.6 Å². The Morgan fingerprint density at radius 3 is 2.20 bits per heavy atom. The van der Waals surface area contributed by atoms with Gasteiger partial charge in [-0.15, -0.1) is 0 Å². The molecule has 0 aromatic carbocycles. The van der Waals surface area contributed by atoms with Crippen LogP contribution in [0.4, 0.5) is 0 Å². The van der Waals surface area contributed by atoms with E-state index in [0.29, 0.717) is 42.1 Å². The summed E-state index contributed by atoms with van der Waals surface area (Å²) in [6.07, 6.45) is 1.10. The zero-order chi connectivity index (χ0) is 15.1. The monoisotopic (exact) mass is 299 g/mol. The highest BCUT2D eigenvalue weighted by Gasteiger charge is 2.35. The lowest BCUT2D eigenvalue weighted by Crippen LogP contribution is -2.42. The van der Waals surface area contributed by atoms with Gasteiger partial charge in [0.1, 0.15) is 4.90 Å². The first-order valence-corrected chi connectivity index (χ1v) is 8.75. The van der Waals surface area contributed by atoms with E-state index in [1.807, 2.05) is 13.8 Å². The van der Waals surface area contributed by atoms with E-state index < -0.39 is 10.0 Å². The van der Waals surface area contributed by atoms with Crippen molar-refractivity contribution in [3.8, 4) is 0 Å². The van der Waals surface area contributed by atoms with Crippen LogP contribution < -0.4 is 0 Å². The molecule has 2 heterocycles. The van der Waals surface area contributed by atoms with Crippen molar-refractivity contribution in [2.24, 2.45) is 11.8 Å². The van der Waals surface area contributed by atoms with E-state index >= 15 is 0 Å². The minimum absolute atomic E-state index is 0.403. The zero-order valence-electron chi connectivity index (χ0n) is 13.0. The second-order valence-electron chi connectivity index (χ2n) is 6.08. The smallest absolute Gasteiger partial charge is 0.246 e. The average molecular weight is 299 g/mol. The van der Waals surface area contributed by atoms with Gasteiger partial charge in [-0.2, -0.15) is 9.40 Å². The molecule has 6 heteroatoms. The Hall–Kier alpha value is -0.880. The van der Waals surface area contributed by atoms with E-state index in [4.69, 9.17) is 0 Å². The van der Waals surface area contributed by atoms with Crippen LogP contribution in [0, 0.1) is 25.7 Å². The van der Waals surface area contributed by atoms with Crippen LogP contribution in [0.2, 0.25) is 0 Å². The molecule has 1 aliphatic rings. The first-order chi connectivity index (χ1) is 9.27. The van der Waals surface area contributed by atoms with Crippen molar-refractivity contribution in [3.05, 3.63) is 11.4 Å². The molecule has 0 bridgehead atoms. The van der Waals surface area contributed by atoms with Crippen LogP contribution in [0.25, 0.3) is 0 Å². The molecule has 0 spiro atoms. The minimum Gasteiger partial charge on any atom is -0.268 e. The van der Waals surface area contributed by atoms with Crippen molar-refractivity contribution in [2.75, 3.05) is 13.1 Å². The Balaban J connectivity index is 2.42. The highest BCUT2D eigenvalue weighted by atomic mass is 32.2. The van der Waals surface area contributed by atoms with Crippen molar-refractivity contribution in [1.29, 1.82) is 0 Å². The summed E-state index contributed by atoms with van der Waals surface area (Å²) in [5.41, 5.74) is 1.35. The van der Waals surface area contributed by atoms with Crippen LogP contribution in [0.1, 0.15) is 38.6 Å². The number of hydrogen-bond acceptors (Lipinski definition) is 3. The van der Waals surface area contributed by atoms with Gasteiger partial charge in [-0.1, -0.05) is 13.8 Å².